The van der Waals surface area contributed by atoms with Crippen molar-refractivity contribution in [2.24, 2.45) is 11.7 Å². The lowest BCUT2D eigenvalue weighted by Crippen LogP contribution is -2.43. The molecule has 2 aromatic heterocycles. The molecule has 0 aliphatic heterocycles. The van der Waals surface area contributed by atoms with Gasteiger partial charge in [0, 0.05) is 30.7 Å². The van der Waals surface area contributed by atoms with E-state index >= 15 is 0 Å². The van der Waals surface area contributed by atoms with Gasteiger partial charge in [-0.05, 0) is 18.1 Å². The highest BCUT2D eigenvalue weighted by Crippen LogP contribution is 2.10. The zero-order valence-corrected chi connectivity index (χ0v) is 11.7. The fraction of sp³-hybridized carbons (Fsp3) is 0.357. The molecule has 2 aromatic rings. The topological polar surface area (TPSA) is 85.8 Å². The number of hydrogen-bond donors (Lipinski definition) is 2. The molecule has 2 rings (SSSR count). The van der Waals surface area contributed by atoms with Crippen LogP contribution in [0.5, 0.6) is 0 Å². The van der Waals surface area contributed by atoms with E-state index < -0.39 is 6.04 Å². The van der Waals surface area contributed by atoms with E-state index in [0.29, 0.717) is 12.4 Å². The number of nitrogens with two attached hydrogens (primary N) is 1. The van der Waals surface area contributed by atoms with Gasteiger partial charge in [-0.25, -0.2) is 9.67 Å². The third-order valence-corrected chi connectivity index (χ3v) is 3.06. The molecule has 0 aliphatic rings. The summed E-state index contributed by atoms with van der Waals surface area (Å²) >= 11 is 0. The molecule has 6 heteroatoms. The van der Waals surface area contributed by atoms with Crippen molar-refractivity contribution in [1.29, 1.82) is 0 Å². The average molecular weight is 273 g/mol. The summed E-state index contributed by atoms with van der Waals surface area (Å²) in [5.41, 5.74) is 6.70. The van der Waals surface area contributed by atoms with Crippen LogP contribution in [0.4, 0.5) is 0 Å². The molecule has 106 valence electrons. The van der Waals surface area contributed by atoms with Gasteiger partial charge < -0.3 is 11.1 Å². The lowest BCUT2D eigenvalue weighted by molar-refractivity contribution is -0.123. The monoisotopic (exact) mass is 273 g/mol. The molecule has 0 saturated carbocycles. The Labute approximate surface area is 118 Å². The lowest BCUT2D eigenvalue weighted by atomic mass is 10.1. The first kappa shape index (κ1) is 14.2. The first-order chi connectivity index (χ1) is 9.59. The van der Waals surface area contributed by atoms with Crippen LogP contribution in [0.25, 0.3) is 5.82 Å². The fourth-order valence-electron chi connectivity index (χ4n) is 1.77. The van der Waals surface area contributed by atoms with Crippen molar-refractivity contribution < 1.29 is 4.79 Å². The summed E-state index contributed by atoms with van der Waals surface area (Å²) in [6, 6.07) is 5.06. The van der Waals surface area contributed by atoms with Crippen molar-refractivity contribution in [2.45, 2.75) is 26.4 Å². The minimum Gasteiger partial charge on any atom is -0.351 e. The van der Waals surface area contributed by atoms with Gasteiger partial charge in [-0.15, -0.1) is 0 Å². The van der Waals surface area contributed by atoms with Crippen LogP contribution in [0.15, 0.2) is 36.8 Å². The molecule has 0 saturated heterocycles. The second kappa shape index (κ2) is 6.29. The highest BCUT2D eigenvalue weighted by molar-refractivity contribution is 5.81. The van der Waals surface area contributed by atoms with Crippen molar-refractivity contribution in [1.82, 2.24) is 20.1 Å². The van der Waals surface area contributed by atoms with Crippen LogP contribution in [-0.4, -0.2) is 26.7 Å². The number of amides is 1. The van der Waals surface area contributed by atoms with Crippen molar-refractivity contribution in [2.75, 3.05) is 0 Å². The minimum atomic E-state index is -0.500. The van der Waals surface area contributed by atoms with Gasteiger partial charge in [-0.1, -0.05) is 19.9 Å². The zero-order chi connectivity index (χ0) is 14.5. The third-order valence-electron chi connectivity index (χ3n) is 3.06. The lowest BCUT2D eigenvalue weighted by Gasteiger charge is -2.16. The molecule has 1 atom stereocenters. The summed E-state index contributed by atoms with van der Waals surface area (Å²) in [5, 5.41) is 6.99. The van der Waals surface area contributed by atoms with E-state index in [1.807, 2.05) is 38.2 Å². The zero-order valence-electron chi connectivity index (χ0n) is 11.7. The Kier molecular flexibility index (Phi) is 4.47. The van der Waals surface area contributed by atoms with Crippen LogP contribution in [0.1, 0.15) is 19.4 Å². The number of pyridine rings is 1. The largest absolute Gasteiger partial charge is 0.351 e. The Balaban J connectivity index is 2.09. The molecule has 3 N–H and O–H groups in total. The summed E-state index contributed by atoms with van der Waals surface area (Å²) in [7, 11) is 0. The second-order valence-electron chi connectivity index (χ2n) is 4.92. The molecule has 20 heavy (non-hydrogen) atoms. The average Bonchev–Trinajstić information content (AvgIpc) is 2.98. The molecule has 0 radical (unpaired) electrons. The highest BCUT2D eigenvalue weighted by Gasteiger charge is 2.17. The van der Waals surface area contributed by atoms with E-state index in [4.69, 9.17) is 5.73 Å². The van der Waals surface area contributed by atoms with Crippen molar-refractivity contribution >= 4 is 5.91 Å². The number of carbonyl (C=O) groups excluding carboxylic acids is 1. The van der Waals surface area contributed by atoms with E-state index in [1.54, 1.807) is 17.1 Å². The summed E-state index contributed by atoms with van der Waals surface area (Å²) in [6.07, 6.45) is 5.20. The smallest absolute Gasteiger partial charge is 0.237 e. The number of nitrogens with one attached hydrogen (secondary N) is 1. The summed E-state index contributed by atoms with van der Waals surface area (Å²) in [5.74, 6) is 0.653. The Morgan fingerprint density at radius 1 is 1.40 bits per heavy atom. The molecule has 0 unspecified atom stereocenters. The van der Waals surface area contributed by atoms with Crippen LogP contribution in [-0.2, 0) is 11.3 Å². The standard InChI is InChI=1S/C14H19N5O/c1-10(2)12(15)14(20)17-9-11-5-3-6-16-13(11)19-8-4-7-18-19/h3-8,10,12H,9,15H2,1-2H3,(H,17,20)/t12-/m0/s1. The van der Waals surface area contributed by atoms with E-state index in [2.05, 4.69) is 15.4 Å². The van der Waals surface area contributed by atoms with E-state index in [0.717, 1.165) is 5.56 Å². The molecule has 2 heterocycles. The van der Waals surface area contributed by atoms with Crippen LogP contribution in [0, 0.1) is 5.92 Å². The number of aromatic nitrogens is 3. The first-order valence-electron chi connectivity index (χ1n) is 6.57. The van der Waals surface area contributed by atoms with Gasteiger partial charge in [-0.2, -0.15) is 5.10 Å². The number of hydrogen-bond acceptors (Lipinski definition) is 4. The fourth-order valence-corrected chi connectivity index (χ4v) is 1.77. The van der Waals surface area contributed by atoms with Gasteiger partial charge in [0.25, 0.3) is 0 Å². The molecule has 0 spiro atoms. The molecule has 0 bridgehead atoms. The maximum atomic E-state index is 11.9. The number of carbonyl (C=O) groups is 1. The second-order valence-corrected chi connectivity index (χ2v) is 4.92. The Morgan fingerprint density at radius 2 is 2.20 bits per heavy atom. The van der Waals surface area contributed by atoms with Crippen LogP contribution >= 0.6 is 0 Å². The van der Waals surface area contributed by atoms with Gasteiger partial charge in [0.15, 0.2) is 5.82 Å². The quantitative estimate of drug-likeness (QED) is 0.846. The maximum absolute atomic E-state index is 11.9. The normalized spacial score (nSPS) is 12.4. The summed E-state index contributed by atoms with van der Waals surface area (Å²) in [6.45, 7) is 4.22. The van der Waals surface area contributed by atoms with Gasteiger partial charge in [0.05, 0.1) is 6.04 Å². The van der Waals surface area contributed by atoms with Gasteiger partial charge in [0.1, 0.15) is 0 Å². The number of rotatable bonds is 5. The SMILES string of the molecule is CC(C)[C@H](N)C(=O)NCc1cccnc1-n1cccn1. The van der Waals surface area contributed by atoms with Crippen molar-refractivity contribution in [3.8, 4) is 5.82 Å². The predicted molar refractivity (Wildman–Crippen MR) is 76.0 cm³/mol. The highest BCUT2D eigenvalue weighted by atomic mass is 16.2. The molecule has 6 nitrogen and oxygen atoms in total. The maximum Gasteiger partial charge on any atom is 0.237 e. The molecule has 0 aliphatic carbocycles. The Morgan fingerprint density at radius 3 is 2.85 bits per heavy atom. The minimum absolute atomic E-state index is 0.106. The van der Waals surface area contributed by atoms with Crippen LogP contribution in [0.3, 0.4) is 0 Å². The Bertz CT molecular complexity index is 565. The van der Waals surface area contributed by atoms with Crippen molar-refractivity contribution in [3.05, 3.63) is 42.4 Å². The predicted octanol–water partition coefficient (Wildman–Crippen LogP) is 0.867. The van der Waals surface area contributed by atoms with Crippen LogP contribution < -0.4 is 11.1 Å². The van der Waals surface area contributed by atoms with Crippen molar-refractivity contribution in [3.63, 3.8) is 0 Å². The molecule has 0 fully saturated rings. The first-order valence-corrected chi connectivity index (χ1v) is 6.57. The van der Waals surface area contributed by atoms with Gasteiger partial charge in [-0.3, -0.25) is 4.79 Å². The summed E-state index contributed by atoms with van der Waals surface area (Å²) < 4.78 is 1.67. The van der Waals surface area contributed by atoms with Crippen LogP contribution in [0.2, 0.25) is 0 Å². The summed E-state index contributed by atoms with van der Waals surface area (Å²) in [4.78, 5) is 16.2. The van der Waals surface area contributed by atoms with E-state index in [1.165, 1.54) is 0 Å². The molecule has 0 aromatic carbocycles. The number of nitrogens with zero attached hydrogens (tertiary/aromatic N) is 3. The Hall–Kier alpha value is -2.21. The molecular weight excluding hydrogens is 254 g/mol. The molecule has 1 amide bonds. The van der Waals surface area contributed by atoms with Gasteiger partial charge in [0.2, 0.25) is 5.91 Å². The molecular formula is C14H19N5O. The van der Waals surface area contributed by atoms with E-state index in [9.17, 15) is 4.79 Å². The van der Waals surface area contributed by atoms with E-state index in [-0.39, 0.29) is 11.8 Å². The third kappa shape index (κ3) is 3.21. The van der Waals surface area contributed by atoms with Gasteiger partial charge >= 0.3 is 0 Å².